The number of aromatic nitrogens is 1. The number of rotatable bonds is 1. The summed E-state index contributed by atoms with van der Waals surface area (Å²) in [6.07, 6.45) is 1.86. The maximum absolute atomic E-state index is 11.4. The van der Waals surface area contributed by atoms with E-state index in [1.807, 2.05) is 12.1 Å². The number of carbonyl (C=O) groups is 1. The Labute approximate surface area is 71.4 Å². The lowest BCUT2D eigenvalue weighted by atomic mass is 10.3. The molecule has 0 radical (unpaired) electrons. The first-order chi connectivity index (χ1) is 5.83. The van der Waals surface area contributed by atoms with E-state index >= 15 is 0 Å². The molecule has 3 heteroatoms. The zero-order valence-corrected chi connectivity index (χ0v) is 7.13. The summed E-state index contributed by atoms with van der Waals surface area (Å²) in [6, 6.07) is 4.09. The van der Waals surface area contributed by atoms with Crippen molar-refractivity contribution in [1.82, 2.24) is 9.88 Å². The summed E-state index contributed by atoms with van der Waals surface area (Å²) in [5.74, 6) is 0. The number of nitrogens with one attached hydrogen (secondary N) is 1. The molecule has 2 heterocycles. The van der Waals surface area contributed by atoms with Gasteiger partial charge in [0.15, 0.2) is 0 Å². The van der Waals surface area contributed by atoms with Gasteiger partial charge in [0.25, 0.3) is 0 Å². The Balaban J connectivity index is 2.50. The van der Waals surface area contributed by atoms with Crippen LogP contribution >= 0.6 is 0 Å². The second kappa shape index (κ2) is 2.66. The molecule has 2 rings (SSSR count). The summed E-state index contributed by atoms with van der Waals surface area (Å²) >= 11 is 0. The topological polar surface area (TPSA) is 34.0 Å². The Kier molecular flexibility index (Phi) is 1.64. The van der Waals surface area contributed by atoms with Gasteiger partial charge in [-0.15, -0.1) is 0 Å². The van der Waals surface area contributed by atoms with Crippen molar-refractivity contribution in [3.8, 4) is 0 Å². The van der Waals surface area contributed by atoms with E-state index in [9.17, 15) is 4.79 Å². The molecular formula is C9H12N2O. The van der Waals surface area contributed by atoms with E-state index in [4.69, 9.17) is 0 Å². The molecule has 0 unspecified atom stereocenters. The second-order valence-corrected chi connectivity index (χ2v) is 2.99. The lowest BCUT2D eigenvalue weighted by molar-refractivity contribution is 0.238. The van der Waals surface area contributed by atoms with Crippen LogP contribution in [0.15, 0.2) is 12.1 Å². The van der Waals surface area contributed by atoms with Crippen LogP contribution in [0.4, 0.5) is 4.79 Å². The molecule has 12 heavy (non-hydrogen) atoms. The van der Waals surface area contributed by atoms with E-state index < -0.39 is 0 Å². The molecule has 0 saturated heterocycles. The van der Waals surface area contributed by atoms with Gasteiger partial charge in [0.1, 0.15) is 0 Å². The number of fused-ring (bicyclic) bond motifs is 1. The first-order valence-electron chi connectivity index (χ1n) is 4.30. The van der Waals surface area contributed by atoms with Crippen molar-refractivity contribution in [1.29, 1.82) is 0 Å². The molecule has 1 aliphatic rings. The van der Waals surface area contributed by atoms with Gasteiger partial charge in [0, 0.05) is 24.4 Å². The first-order valence-corrected chi connectivity index (χ1v) is 4.30. The van der Waals surface area contributed by atoms with Gasteiger partial charge >= 0.3 is 6.03 Å². The van der Waals surface area contributed by atoms with Crippen molar-refractivity contribution in [2.24, 2.45) is 0 Å². The molecule has 1 aromatic rings. The summed E-state index contributed by atoms with van der Waals surface area (Å²) in [5, 5.41) is 2.82. The molecule has 1 amide bonds. The summed E-state index contributed by atoms with van der Waals surface area (Å²) in [7, 11) is 0. The van der Waals surface area contributed by atoms with Gasteiger partial charge in [-0.05, 0) is 18.6 Å². The molecule has 0 fully saturated rings. The van der Waals surface area contributed by atoms with E-state index in [0.717, 1.165) is 30.8 Å². The third-order valence-corrected chi connectivity index (χ3v) is 2.27. The number of hydrogen-bond acceptors (Lipinski definition) is 1. The fraction of sp³-hybridized carbons (Fsp3) is 0.444. The minimum Gasteiger partial charge on any atom is -0.337 e. The third kappa shape index (κ3) is 0.932. The minimum atomic E-state index is 0.0260. The number of hydrogen-bond donors (Lipinski definition) is 1. The van der Waals surface area contributed by atoms with Gasteiger partial charge in [-0.25, -0.2) is 4.79 Å². The third-order valence-electron chi connectivity index (χ3n) is 2.27. The monoisotopic (exact) mass is 164 g/mol. The Morgan fingerprint density at radius 2 is 2.42 bits per heavy atom. The maximum Gasteiger partial charge on any atom is 0.325 e. The van der Waals surface area contributed by atoms with E-state index in [1.165, 1.54) is 0 Å². The van der Waals surface area contributed by atoms with Crippen LogP contribution in [-0.4, -0.2) is 17.1 Å². The molecule has 0 saturated carbocycles. The molecular weight excluding hydrogens is 152 g/mol. The van der Waals surface area contributed by atoms with Crippen LogP contribution in [0.2, 0.25) is 0 Å². The average Bonchev–Trinajstić information content (AvgIpc) is 2.49. The van der Waals surface area contributed by atoms with Crippen LogP contribution < -0.4 is 5.32 Å². The molecule has 1 aliphatic heterocycles. The van der Waals surface area contributed by atoms with Gasteiger partial charge < -0.3 is 5.32 Å². The van der Waals surface area contributed by atoms with Crippen LogP contribution in [0, 0.1) is 0 Å². The minimum absolute atomic E-state index is 0.0260. The molecule has 1 N–H and O–H groups in total. The standard InChI is InChI=1S/C9H12N2O/c1-2-7-3-4-8-5-6-10-9(12)11(7)8/h3-4H,2,5-6H2,1H3,(H,10,12). The Hall–Kier alpha value is -1.25. The van der Waals surface area contributed by atoms with Crippen LogP contribution in [-0.2, 0) is 12.8 Å². The molecule has 0 spiro atoms. The fourth-order valence-corrected chi connectivity index (χ4v) is 1.63. The first kappa shape index (κ1) is 7.40. The highest BCUT2D eigenvalue weighted by molar-refractivity contribution is 5.79. The summed E-state index contributed by atoms with van der Waals surface area (Å²) in [6.45, 7) is 2.83. The lowest BCUT2D eigenvalue weighted by Crippen LogP contribution is -2.37. The van der Waals surface area contributed by atoms with Gasteiger partial charge in [0.05, 0.1) is 0 Å². The fourth-order valence-electron chi connectivity index (χ4n) is 1.63. The maximum atomic E-state index is 11.4. The van der Waals surface area contributed by atoms with Gasteiger partial charge in [-0.2, -0.15) is 0 Å². The van der Waals surface area contributed by atoms with E-state index in [2.05, 4.69) is 12.2 Å². The number of carbonyl (C=O) groups excluding carboxylic acids is 1. The Morgan fingerprint density at radius 3 is 3.17 bits per heavy atom. The van der Waals surface area contributed by atoms with Crippen molar-refractivity contribution in [2.75, 3.05) is 6.54 Å². The van der Waals surface area contributed by atoms with Crippen molar-refractivity contribution in [3.05, 3.63) is 23.5 Å². The summed E-state index contributed by atoms with van der Waals surface area (Å²) < 4.78 is 1.78. The molecule has 64 valence electrons. The normalized spacial score (nSPS) is 15.6. The highest BCUT2D eigenvalue weighted by Crippen LogP contribution is 2.12. The van der Waals surface area contributed by atoms with Gasteiger partial charge in [-0.1, -0.05) is 6.92 Å². The second-order valence-electron chi connectivity index (χ2n) is 2.99. The molecule has 1 aromatic heterocycles. The predicted octanol–water partition coefficient (Wildman–Crippen LogP) is 1.16. The van der Waals surface area contributed by atoms with Crippen molar-refractivity contribution < 1.29 is 4.79 Å². The van der Waals surface area contributed by atoms with Gasteiger partial charge in [0.2, 0.25) is 0 Å². The predicted molar refractivity (Wildman–Crippen MR) is 46.3 cm³/mol. The van der Waals surface area contributed by atoms with Crippen molar-refractivity contribution >= 4 is 6.03 Å². The molecule has 0 bridgehead atoms. The molecule has 3 nitrogen and oxygen atoms in total. The van der Waals surface area contributed by atoms with Crippen LogP contribution in [0.1, 0.15) is 18.3 Å². The SMILES string of the molecule is CCc1ccc2n1C(=O)NCC2. The zero-order valence-electron chi connectivity index (χ0n) is 7.13. The quantitative estimate of drug-likeness (QED) is 0.664. The zero-order chi connectivity index (χ0) is 8.55. The van der Waals surface area contributed by atoms with E-state index in [-0.39, 0.29) is 6.03 Å². The highest BCUT2D eigenvalue weighted by atomic mass is 16.2. The van der Waals surface area contributed by atoms with Crippen molar-refractivity contribution in [3.63, 3.8) is 0 Å². The Bertz CT molecular complexity index is 301. The number of aryl methyl sites for hydroxylation is 1. The number of nitrogens with zero attached hydrogens (tertiary/aromatic N) is 1. The average molecular weight is 164 g/mol. The molecule has 0 atom stereocenters. The largest absolute Gasteiger partial charge is 0.337 e. The highest BCUT2D eigenvalue weighted by Gasteiger charge is 2.17. The number of amides is 1. The summed E-state index contributed by atoms with van der Waals surface area (Å²) in [4.78, 5) is 11.4. The van der Waals surface area contributed by atoms with E-state index in [1.54, 1.807) is 4.57 Å². The van der Waals surface area contributed by atoms with Gasteiger partial charge in [-0.3, -0.25) is 4.57 Å². The summed E-state index contributed by atoms with van der Waals surface area (Å²) in [5.41, 5.74) is 2.23. The smallest absolute Gasteiger partial charge is 0.325 e. The van der Waals surface area contributed by atoms with Crippen LogP contribution in [0.5, 0.6) is 0 Å². The molecule has 0 aliphatic carbocycles. The lowest BCUT2D eigenvalue weighted by Gasteiger charge is -2.17. The Morgan fingerprint density at radius 1 is 1.58 bits per heavy atom. The molecule has 0 aromatic carbocycles. The van der Waals surface area contributed by atoms with Crippen LogP contribution in [0.3, 0.4) is 0 Å². The van der Waals surface area contributed by atoms with Crippen LogP contribution in [0.25, 0.3) is 0 Å². The van der Waals surface area contributed by atoms with E-state index in [0.29, 0.717) is 0 Å². The van der Waals surface area contributed by atoms with Crippen molar-refractivity contribution in [2.45, 2.75) is 19.8 Å².